The second-order valence-electron chi connectivity index (χ2n) is 5.36. The van der Waals surface area contributed by atoms with Crippen molar-refractivity contribution in [1.82, 2.24) is 5.32 Å². The van der Waals surface area contributed by atoms with Gasteiger partial charge in [-0.3, -0.25) is 4.79 Å². The Kier molecular flexibility index (Phi) is 6.37. The van der Waals surface area contributed by atoms with Crippen LogP contribution in [-0.2, 0) is 21.2 Å². The van der Waals surface area contributed by atoms with Gasteiger partial charge in [-0.15, -0.1) is 0 Å². The van der Waals surface area contributed by atoms with Crippen molar-refractivity contribution in [2.45, 2.75) is 24.3 Å². The lowest BCUT2D eigenvalue weighted by Gasteiger charge is -2.07. The molecular formula is C18H21NO4S. The summed E-state index contributed by atoms with van der Waals surface area (Å²) in [5, 5.41) is 2.79. The van der Waals surface area contributed by atoms with E-state index < -0.39 is 9.84 Å². The van der Waals surface area contributed by atoms with E-state index in [-0.39, 0.29) is 29.4 Å². The molecule has 0 atom stereocenters. The average molecular weight is 347 g/mol. The maximum absolute atomic E-state index is 12.2. The number of hydrogen-bond acceptors (Lipinski definition) is 4. The van der Waals surface area contributed by atoms with Gasteiger partial charge in [0.1, 0.15) is 5.75 Å². The largest absolute Gasteiger partial charge is 0.497 e. The summed E-state index contributed by atoms with van der Waals surface area (Å²) < 4.78 is 29.5. The number of carbonyl (C=O) groups excluding carboxylic acids is 1. The van der Waals surface area contributed by atoms with Crippen LogP contribution in [0.15, 0.2) is 59.5 Å². The molecule has 0 aliphatic carbocycles. The number of amides is 1. The van der Waals surface area contributed by atoms with Gasteiger partial charge in [-0.2, -0.15) is 0 Å². The number of carbonyl (C=O) groups is 1. The molecule has 5 nitrogen and oxygen atoms in total. The van der Waals surface area contributed by atoms with Crippen molar-refractivity contribution in [3.63, 3.8) is 0 Å². The molecule has 2 rings (SSSR count). The van der Waals surface area contributed by atoms with Crippen molar-refractivity contribution in [3.8, 4) is 5.75 Å². The van der Waals surface area contributed by atoms with Crippen molar-refractivity contribution in [1.29, 1.82) is 0 Å². The Morgan fingerprint density at radius 2 is 1.71 bits per heavy atom. The number of methoxy groups -OCH3 is 1. The zero-order valence-electron chi connectivity index (χ0n) is 13.6. The Bertz CT molecular complexity index is 755. The minimum atomic E-state index is -3.38. The monoisotopic (exact) mass is 347 g/mol. The molecule has 0 saturated heterocycles. The van der Waals surface area contributed by atoms with E-state index in [1.54, 1.807) is 12.1 Å². The van der Waals surface area contributed by atoms with Crippen LogP contribution in [-0.4, -0.2) is 27.2 Å². The molecule has 1 N–H and O–H groups in total. The molecule has 0 spiro atoms. The smallest absolute Gasteiger partial charge is 0.220 e. The minimum Gasteiger partial charge on any atom is -0.497 e. The van der Waals surface area contributed by atoms with Crippen molar-refractivity contribution in [3.05, 3.63) is 60.2 Å². The van der Waals surface area contributed by atoms with Crippen molar-refractivity contribution in [2.24, 2.45) is 0 Å². The molecule has 128 valence electrons. The number of nitrogens with one attached hydrogen (secondary N) is 1. The van der Waals surface area contributed by atoms with Crippen LogP contribution in [0.5, 0.6) is 5.75 Å². The van der Waals surface area contributed by atoms with Gasteiger partial charge < -0.3 is 10.1 Å². The van der Waals surface area contributed by atoms with Crippen LogP contribution >= 0.6 is 0 Å². The normalized spacial score (nSPS) is 11.0. The molecule has 0 fully saturated rings. The second kappa shape index (κ2) is 8.49. The Labute approximate surface area is 142 Å². The molecule has 0 aliphatic rings. The molecule has 0 radical (unpaired) electrons. The Morgan fingerprint density at radius 3 is 2.33 bits per heavy atom. The first-order valence-electron chi connectivity index (χ1n) is 7.69. The van der Waals surface area contributed by atoms with Crippen LogP contribution in [0.25, 0.3) is 0 Å². The van der Waals surface area contributed by atoms with Crippen molar-refractivity contribution < 1.29 is 17.9 Å². The van der Waals surface area contributed by atoms with Crippen LogP contribution in [0.1, 0.15) is 18.4 Å². The average Bonchev–Trinajstić information content (AvgIpc) is 2.61. The summed E-state index contributed by atoms with van der Waals surface area (Å²) >= 11 is 0. The maximum Gasteiger partial charge on any atom is 0.220 e. The van der Waals surface area contributed by atoms with Gasteiger partial charge >= 0.3 is 0 Å². The minimum absolute atomic E-state index is 0.0575. The highest BCUT2D eigenvalue weighted by atomic mass is 32.2. The van der Waals surface area contributed by atoms with Gasteiger partial charge in [0.15, 0.2) is 9.84 Å². The molecular weight excluding hydrogens is 326 g/mol. The van der Waals surface area contributed by atoms with E-state index >= 15 is 0 Å². The fourth-order valence-electron chi connectivity index (χ4n) is 2.21. The summed E-state index contributed by atoms with van der Waals surface area (Å²) in [4.78, 5) is 12.0. The SMILES string of the molecule is COc1ccc(S(=O)(=O)CCCC(=O)NCc2ccccc2)cc1. The van der Waals surface area contributed by atoms with E-state index in [4.69, 9.17) is 4.74 Å². The predicted octanol–water partition coefficient (Wildman–Crippen LogP) is 2.57. The summed E-state index contributed by atoms with van der Waals surface area (Å²) in [6.07, 6.45) is 0.469. The van der Waals surface area contributed by atoms with E-state index in [2.05, 4.69) is 5.32 Å². The van der Waals surface area contributed by atoms with E-state index in [0.29, 0.717) is 12.3 Å². The third-order valence-electron chi connectivity index (χ3n) is 3.57. The molecule has 0 bridgehead atoms. The molecule has 6 heteroatoms. The zero-order valence-corrected chi connectivity index (χ0v) is 14.4. The zero-order chi connectivity index (χ0) is 17.4. The van der Waals surface area contributed by atoms with Crippen LogP contribution in [0, 0.1) is 0 Å². The highest BCUT2D eigenvalue weighted by Crippen LogP contribution is 2.17. The van der Waals surface area contributed by atoms with Gasteiger partial charge in [0.25, 0.3) is 0 Å². The van der Waals surface area contributed by atoms with Gasteiger partial charge in [-0.1, -0.05) is 30.3 Å². The quantitative estimate of drug-likeness (QED) is 0.796. The van der Waals surface area contributed by atoms with E-state index in [1.807, 2.05) is 30.3 Å². The molecule has 0 unspecified atom stereocenters. The van der Waals surface area contributed by atoms with Crippen molar-refractivity contribution >= 4 is 15.7 Å². The van der Waals surface area contributed by atoms with Crippen LogP contribution in [0.3, 0.4) is 0 Å². The Balaban J connectivity index is 1.78. The predicted molar refractivity (Wildman–Crippen MR) is 92.6 cm³/mol. The molecule has 0 aromatic heterocycles. The third-order valence-corrected chi connectivity index (χ3v) is 5.38. The summed E-state index contributed by atoms with van der Waals surface area (Å²) in [5.74, 6) is 0.399. The van der Waals surface area contributed by atoms with Crippen LogP contribution in [0.4, 0.5) is 0 Å². The molecule has 0 heterocycles. The molecule has 2 aromatic rings. The lowest BCUT2D eigenvalue weighted by atomic mass is 10.2. The third kappa shape index (κ3) is 5.38. The highest BCUT2D eigenvalue weighted by molar-refractivity contribution is 7.91. The first-order valence-corrected chi connectivity index (χ1v) is 9.34. The molecule has 2 aromatic carbocycles. The summed E-state index contributed by atoms with van der Waals surface area (Å²) in [6.45, 7) is 0.449. The lowest BCUT2D eigenvalue weighted by molar-refractivity contribution is -0.121. The molecule has 0 saturated carbocycles. The number of ether oxygens (including phenoxy) is 1. The summed E-state index contributed by atoms with van der Waals surface area (Å²) in [5.41, 5.74) is 1.01. The lowest BCUT2D eigenvalue weighted by Crippen LogP contribution is -2.23. The fraction of sp³-hybridized carbons (Fsp3) is 0.278. The van der Waals surface area contributed by atoms with Gasteiger partial charge in [0.2, 0.25) is 5.91 Å². The van der Waals surface area contributed by atoms with E-state index in [9.17, 15) is 13.2 Å². The highest BCUT2D eigenvalue weighted by Gasteiger charge is 2.15. The van der Waals surface area contributed by atoms with Gasteiger partial charge in [0.05, 0.1) is 17.8 Å². The van der Waals surface area contributed by atoms with Gasteiger partial charge in [-0.05, 0) is 36.2 Å². The Hall–Kier alpha value is -2.34. The van der Waals surface area contributed by atoms with Crippen LogP contribution < -0.4 is 10.1 Å². The number of hydrogen-bond donors (Lipinski definition) is 1. The fourth-order valence-corrected chi connectivity index (χ4v) is 3.52. The molecule has 24 heavy (non-hydrogen) atoms. The number of rotatable bonds is 8. The van der Waals surface area contributed by atoms with Gasteiger partial charge in [0, 0.05) is 13.0 Å². The second-order valence-corrected chi connectivity index (χ2v) is 7.47. The van der Waals surface area contributed by atoms with E-state index in [0.717, 1.165) is 5.56 Å². The molecule has 0 aliphatic heterocycles. The van der Waals surface area contributed by atoms with Crippen LogP contribution in [0.2, 0.25) is 0 Å². The number of sulfone groups is 1. The van der Waals surface area contributed by atoms with E-state index in [1.165, 1.54) is 19.2 Å². The first kappa shape index (κ1) is 18.0. The summed E-state index contributed by atoms with van der Waals surface area (Å²) in [7, 11) is -1.86. The molecule has 1 amide bonds. The summed E-state index contributed by atoms with van der Waals surface area (Å²) in [6, 6.07) is 15.8. The first-order chi connectivity index (χ1) is 11.5. The number of benzene rings is 2. The standard InChI is InChI=1S/C18H21NO4S/c1-23-16-9-11-17(12-10-16)24(21,22)13-5-8-18(20)19-14-15-6-3-2-4-7-15/h2-4,6-7,9-12H,5,8,13-14H2,1H3,(H,19,20). The maximum atomic E-state index is 12.2. The van der Waals surface area contributed by atoms with Gasteiger partial charge in [-0.25, -0.2) is 8.42 Å². The van der Waals surface area contributed by atoms with Crippen molar-refractivity contribution in [2.75, 3.05) is 12.9 Å². The Morgan fingerprint density at radius 1 is 1.04 bits per heavy atom. The topological polar surface area (TPSA) is 72.5 Å².